The minimum atomic E-state index is -0.164. The van der Waals surface area contributed by atoms with Crippen LogP contribution in [0.3, 0.4) is 0 Å². The summed E-state index contributed by atoms with van der Waals surface area (Å²) in [5.74, 6) is 0.443. The Kier molecular flexibility index (Phi) is 4.99. The van der Waals surface area contributed by atoms with Gasteiger partial charge in [-0.1, -0.05) is 12.1 Å². The average Bonchev–Trinajstić information content (AvgIpc) is 3.39. The quantitative estimate of drug-likeness (QED) is 0.653. The number of thioether (sulfide) groups is 1. The smallest absolute Gasteiger partial charge is 0.274 e. The first-order chi connectivity index (χ1) is 12.7. The molecule has 4 rings (SSSR count). The van der Waals surface area contributed by atoms with Gasteiger partial charge in [0.15, 0.2) is 0 Å². The van der Waals surface area contributed by atoms with Crippen LogP contribution < -0.4 is 5.32 Å². The van der Waals surface area contributed by atoms with E-state index in [1.54, 1.807) is 11.8 Å². The summed E-state index contributed by atoms with van der Waals surface area (Å²) < 4.78 is 2.12. The van der Waals surface area contributed by atoms with Crippen molar-refractivity contribution in [2.24, 2.45) is 0 Å². The van der Waals surface area contributed by atoms with Crippen molar-refractivity contribution in [3.63, 3.8) is 0 Å². The molecule has 1 aliphatic rings. The van der Waals surface area contributed by atoms with E-state index >= 15 is 0 Å². The number of fused-ring (bicyclic) bond motifs is 1. The molecule has 1 aliphatic heterocycles. The van der Waals surface area contributed by atoms with Crippen LogP contribution in [0.1, 0.15) is 23.3 Å². The molecule has 3 aromatic rings. The highest BCUT2D eigenvalue weighted by Crippen LogP contribution is 2.21. The van der Waals surface area contributed by atoms with Crippen LogP contribution in [0, 0.1) is 0 Å². The molecule has 0 spiro atoms. The SMILES string of the molecule is CSc1c[nH]c(C(=O)Nc2nc3ccccc3n2CCN2CCCC2)c1. The Hall–Kier alpha value is -2.25. The van der Waals surface area contributed by atoms with Gasteiger partial charge in [-0.25, -0.2) is 4.98 Å². The number of rotatable bonds is 6. The molecule has 0 atom stereocenters. The Morgan fingerprint density at radius 2 is 2.08 bits per heavy atom. The van der Waals surface area contributed by atoms with Crippen molar-refractivity contribution in [3.8, 4) is 0 Å². The number of hydrogen-bond acceptors (Lipinski definition) is 4. The molecule has 6 nitrogen and oxygen atoms in total. The first-order valence-electron chi connectivity index (χ1n) is 8.96. The molecule has 3 heterocycles. The van der Waals surface area contributed by atoms with E-state index in [-0.39, 0.29) is 5.91 Å². The van der Waals surface area contributed by atoms with E-state index in [2.05, 4.69) is 30.8 Å². The maximum Gasteiger partial charge on any atom is 0.274 e. The Labute approximate surface area is 157 Å². The molecule has 0 bridgehead atoms. The Bertz CT molecular complexity index is 910. The molecule has 1 saturated heterocycles. The van der Waals surface area contributed by atoms with Crippen LogP contribution in [-0.2, 0) is 6.54 Å². The maximum absolute atomic E-state index is 12.6. The number of nitrogens with zero attached hydrogens (tertiary/aromatic N) is 3. The first kappa shape index (κ1) is 17.2. The fourth-order valence-corrected chi connectivity index (χ4v) is 3.85. The van der Waals surface area contributed by atoms with E-state index in [1.165, 1.54) is 12.8 Å². The molecule has 0 radical (unpaired) electrons. The fourth-order valence-electron chi connectivity index (χ4n) is 3.44. The molecular weight excluding hydrogens is 346 g/mol. The van der Waals surface area contributed by atoms with Crippen molar-refractivity contribution in [1.29, 1.82) is 0 Å². The molecule has 0 unspecified atom stereocenters. The number of aromatic nitrogens is 3. The van der Waals surface area contributed by atoms with Gasteiger partial charge in [-0.2, -0.15) is 0 Å². The van der Waals surface area contributed by atoms with E-state index in [1.807, 2.05) is 36.7 Å². The van der Waals surface area contributed by atoms with E-state index in [4.69, 9.17) is 0 Å². The second-order valence-electron chi connectivity index (χ2n) is 6.53. The number of carbonyl (C=O) groups excluding carboxylic acids is 1. The van der Waals surface area contributed by atoms with Crippen LogP contribution in [0.15, 0.2) is 41.4 Å². The lowest BCUT2D eigenvalue weighted by Gasteiger charge is -2.16. The van der Waals surface area contributed by atoms with Gasteiger partial charge in [0.05, 0.1) is 11.0 Å². The highest BCUT2D eigenvalue weighted by Gasteiger charge is 2.17. The lowest BCUT2D eigenvalue weighted by Crippen LogP contribution is -2.25. The van der Waals surface area contributed by atoms with E-state index in [0.29, 0.717) is 11.6 Å². The Morgan fingerprint density at radius 1 is 1.27 bits per heavy atom. The second kappa shape index (κ2) is 7.55. The number of anilines is 1. The number of imidazole rings is 1. The van der Waals surface area contributed by atoms with Gasteiger partial charge in [-0.15, -0.1) is 11.8 Å². The number of amides is 1. The third kappa shape index (κ3) is 3.50. The molecule has 0 saturated carbocycles. The monoisotopic (exact) mass is 369 g/mol. The molecule has 7 heteroatoms. The van der Waals surface area contributed by atoms with Crippen LogP contribution in [0.4, 0.5) is 5.95 Å². The van der Waals surface area contributed by atoms with Crippen molar-refractivity contribution in [1.82, 2.24) is 19.4 Å². The highest BCUT2D eigenvalue weighted by molar-refractivity contribution is 7.98. The minimum absolute atomic E-state index is 0.164. The van der Waals surface area contributed by atoms with Crippen molar-refractivity contribution < 1.29 is 4.79 Å². The van der Waals surface area contributed by atoms with Gasteiger partial charge in [0.25, 0.3) is 5.91 Å². The van der Waals surface area contributed by atoms with Gasteiger partial charge in [-0.3, -0.25) is 10.1 Å². The van der Waals surface area contributed by atoms with Crippen LogP contribution in [0.2, 0.25) is 0 Å². The zero-order chi connectivity index (χ0) is 17.9. The number of nitrogens with one attached hydrogen (secondary N) is 2. The summed E-state index contributed by atoms with van der Waals surface area (Å²) >= 11 is 1.60. The highest BCUT2D eigenvalue weighted by atomic mass is 32.2. The molecule has 1 fully saturated rings. The van der Waals surface area contributed by atoms with Gasteiger partial charge in [0.1, 0.15) is 5.69 Å². The summed E-state index contributed by atoms with van der Waals surface area (Å²) in [7, 11) is 0. The zero-order valence-corrected chi connectivity index (χ0v) is 15.7. The minimum Gasteiger partial charge on any atom is -0.356 e. The van der Waals surface area contributed by atoms with Crippen LogP contribution in [-0.4, -0.2) is 51.2 Å². The number of benzene rings is 1. The summed E-state index contributed by atoms with van der Waals surface area (Å²) in [6.45, 7) is 4.11. The molecule has 1 amide bonds. The number of likely N-dealkylation sites (tertiary alicyclic amines) is 1. The average molecular weight is 369 g/mol. The molecule has 2 aromatic heterocycles. The van der Waals surface area contributed by atoms with E-state index in [0.717, 1.165) is 42.1 Å². The second-order valence-corrected chi connectivity index (χ2v) is 7.41. The van der Waals surface area contributed by atoms with Crippen molar-refractivity contribution >= 4 is 34.7 Å². The summed E-state index contributed by atoms with van der Waals surface area (Å²) in [4.78, 5) is 23.8. The standard InChI is InChI=1S/C19H23N5OS/c1-26-14-12-16(20-13-14)18(25)22-19-21-15-6-2-3-7-17(15)24(19)11-10-23-8-4-5-9-23/h2-3,6-7,12-13,20H,4-5,8-11H2,1H3,(H,21,22,25). The van der Waals surface area contributed by atoms with Gasteiger partial charge in [-0.05, 0) is 50.4 Å². The topological polar surface area (TPSA) is 66.0 Å². The third-order valence-electron chi connectivity index (χ3n) is 4.86. The number of para-hydroxylation sites is 2. The molecule has 1 aromatic carbocycles. The molecule has 136 valence electrons. The summed E-state index contributed by atoms with van der Waals surface area (Å²) in [6, 6.07) is 9.89. The van der Waals surface area contributed by atoms with Crippen molar-refractivity contribution in [2.75, 3.05) is 31.2 Å². The fraction of sp³-hybridized carbons (Fsp3) is 0.368. The number of aromatic amines is 1. The van der Waals surface area contributed by atoms with Gasteiger partial charge < -0.3 is 14.5 Å². The van der Waals surface area contributed by atoms with E-state index in [9.17, 15) is 4.79 Å². The predicted molar refractivity (Wildman–Crippen MR) is 106 cm³/mol. The predicted octanol–water partition coefficient (Wildman–Crippen LogP) is 3.43. The number of hydrogen-bond donors (Lipinski definition) is 2. The Balaban J connectivity index is 1.58. The first-order valence-corrected chi connectivity index (χ1v) is 10.2. The number of carbonyl (C=O) groups is 1. The molecule has 2 N–H and O–H groups in total. The van der Waals surface area contributed by atoms with Gasteiger partial charge in [0.2, 0.25) is 5.95 Å². The zero-order valence-electron chi connectivity index (χ0n) is 14.9. The lowest BCUT2D eigenvalue weighted by atomic mass is 10.3. The van der Waals surface area contributed by atoms with Gasteiger partial charge >= 0.3 is 0 Å². The van der Waals surface area contributed by atoms with E-state index < -0.39 is 0 Å². The molecule has 0 aliphatic carbocycles. The lowest BCUT2D eigenvalue weighted by molar-refractivity contribution is 0.102. The largest absolute Gasteiger partial charge is 0.356 e. The summed E-state index contributed by atoms with van der Waals surface area (Å²) in [6.07, 6.45) is 6.39. The maximum atomic E-state index is 12.6. The van der Waals surface area contributed by atoms with Crippen molar-refractivity contribution in [2.45, 2.75) is 24.3 Å². The summed E-state index contributed by atoms with van der Waals surface area (Å²) in [5.41, 5.74) is 2.51. The van der Waals surface area contributed by atoms with Gasteiger partial charge in [0, 0.05) is 24.2 Å². The van der Waals surface area contributed by atoms with Crippen LogP contribution in [0.25, 0.3) is 11.0 Å². The normalized spacial score (nSPS) is 15.0. The Morgan fingerprint density at radius 3 is 2.85 bits per heavy atom. The van der Waals surface area contributed by atoms with Crippen LogP contribution in [0.5, 0.6) is 0 Å². The third-order valence-corrected chi connectivity index (χ3v) is 5.56. The molecular formula is C19H23N5OS. The molecule has 26 heavy (non-hydrogen) atoms. The van der Waals surface area contributed by atoms with Crippen molar-refractivity contribution in [3.05, 3.63) is 42.2 Å². The summed E-state index contributed by atoms with van der Waals surface area (Å²) in [5, 5.41) is 2.98. The van der Waals surface area contributed by atoms with Crippen LogP contribution >= 0.6 is 11.8 Å². The number of H-pyrrole nitrogens is 1.